The summed E-state index contributed by atoms with van der Waals surface area (Å²) in [5.74, 6) is 0.133. The Morgan fingerprint density at radius 3 is 2.68 bits per heavy atom. The first-order chi connectivity index (χ1) is 9.09. The molecule has 2 N–H and O–H groups in total. The summed E-state index contributed by atoms with van der Waals surface area (Å²) in [6, 6.07) is 11.7. The fourth-order valence-corrected chi connectivity index (χ4v) is 2.08. The summed E-state index contributed by atoms with van der Waals surface area (Å²) >= 11 is 3.22. The van der Waals surface area contributed by atoms with Crippen LogP contribution in [0.2, 0.25) is 0 Å². The molecule has 0 heterocycles. The average molecular weight is 323 g/mol. The Labute approximate surface area is 118 Å². The highest BCUT2D eigenvalue weighted by atomic mass is 79.9. The van der Waals surface area contributed by atoms with Crippen molar-refractivity contribution in [2.45, 2.75) is 6.54 Å². The van der Waals surface area contributed by atoms with Gasteiger partial charge in [-0.15, -0.1) is 0 Å². The average Bonchev–Trinajstić information content (AvgIpc) is 2.40. The third-order valence-corrected chi connectivity index (χ3v) is 3.28. The van der Waals surface area contributed by atoms with Crippen LogP contribution in [0.3, 0.4) is 0 Å². The smallest absolute Gasteiger partial charge is 0.292 e. The van der Waals surface area contributed by atoms with Gasteiger partial charge < -0.3 is 10.4 Å². The second-order valence-corrected chi connectivity index (χ2v) is 4.73. The van der Waals surface area contributed by atoms with Crippen molar-refractivity contribution in [1.29, 1.82) is 0 Å². The molecule has 6 heteroatoms. The Balaban J connectivity index is 2.19. The molecule has 0 spiro atoms. The molecule has 0 amide bonds. The third kappa shape index (κ3) is 3.03. The van der Waals surface area contributed by atoms with Gasteiger partial charge in [0.25, 0.3) is 5.69 Å². The van der Waals surface area contributed by atoms with E-state index < -0.39 is 4.92 Å². The SMILES string of the molecule is O=[N+]([O-])c1ccccc1NCc1cccc(Br)c1O. The first kappa shape index (κ1) is 13.4. The molecule has 0 bridgehead atoms. The molecule has 0 aliphatic carbocycles. The van der Waals surface area contributed by atoms with E-state index in [2.05, 4.69) is 21.2 Å². The maximum atomic E-state index is 10.9. The van der Waals surface area contributed by atoms with Crippen LogP contribution in [0.1, 0.15) is 5.56 Å². The first-order valence-corrected chi connectivity index (χ1v) is 6.32. The summed E-state index contributed by atoms with van der Waals surface area (Å²) in [4.78, 5) is 10.4. The molecule has 0 unspecified atom stereocenters. The van der Waals surface area contributed by atoms with Crippen molar-refractivity contribution in [3.05, 3.63) is 62.6 Å². The largest absolute Gasteiger partial charge is 0.506 e. The highest BCUT2D eigenvalue weighted by Gasteiger charge is 2.12. The molecule has 19 heavy (non-hydrogen) atoms. The fraction of sp³-hybridized carbons (Fsp3) is 0.0769. The Hall–Kier alpha value is -2.08. The third-order valence-electron chi connectivity index (χ3n) is 2.64. The van der Waals surface area contributed by atoms with Gasteiger partial charge in [0.05, 0.1) is 9.40 Å². The summed E-state index contributed by atoms with van der Waals surface area (Å²) in [5, 5.41) is 23.7. The second-order valence-electron chi connectivity index (χ2n) is 3.88. The van der Waals surface area contributed by atoms with E-state index in [1.54, 1.807) is 36.4 Å². The lowest BCUT2D eigenvalue weighted by Crippen LogP contribution is -2.02. The molecule has 0 atom stereocenters. The number of nitrogens with one attached hydrogen (secondary N) is 1. The minimum Gasteiger partial charge on any atom is -0.506 e. The van der Waals surface area contributed by atoms with E-state index in [-0.39, 0.29) is 11.4 Å². The van der Waals surface area contributed by atoms with Crippen LogP contribution < -0.4 is 5.32 Å². The number of phenolic OH excluding ortho intramolecular Hbond substituents is 1. The standard InChI is InChI=1S/C13H11BrN2O3/c14-10-5-3-4-9(13(10)17)8-15-11-6-1-2-7-12(11)16(18)19/h1-7,15,17H,8H2. The van der Waals surface area contributed by atoms with Crippen molar-refractivity contribution in [3.63, 3.8) is 0 Å². The van der Waals surface area contributed by atoms with Crippen LogP contribution in [-0.2, 0) is 6.54 Å². The maximum Gasteiger partial charge on any atom is 0.292 e. The molecule has 0 aliphatic rings. The van der Waals surface area contributed by atoms with Gasteiger partial charge in [-0.2, -0.15) is 0 Å². The number of nitro groups is 1. The highest BCUT2D eigenvalue weighted by molar-refractivity contribution is 9.10. The van der Waals surface area contributed by atoms with E-state index in [9.17, 15) is 15.2 Å². The summed E-state index contributed by atoms with van der Waals surface area (Å²) in [7, 11) is 0. The molecular formula is C13H11BrN2O3. The molecular weight excluding hydrogens is 312 g/mol. The van der Waals surface area contributed by atoms with Gasteiger partial charge in [-0.3, -0.25) is 10.1 Å². The molecule has 0 aliphatic heterocycles. The van der Waals surface area contributed by atoms with Crippen molar-refractivity contribution in [2.75, 3.05) is 5.32 Å². The number of para-hydroxylation sites is 3. The van der Waals surface area contributed by atoms with Crippen LogP contribution in [0, 0.1) is 10.1 Å². The van der Waals surface area contributed by atoms with Crippen molar-refractivity contribution >= 4 is 27.3 Å². The molecule has 98 valence electrons. The quantitative estimate of drug-likeness (QED) is 0.665. The fourth-order valence-electron chi connectivity index (χ4n) is 1.68. The van der Waals surface area contributed by atoms with Gasteiger partial charge in [-0.1, -0.05) is 24.3 Å². The van der Waals surface area contributed by atoms with E-state index in [4.69, 9.17) is 0 Å². The van der Waals surface area contributed by atoms with Crippen LogP contribution in [0.4, 0.5) is 11.4 Å². The zero-order valence-corrected chi connectivity index (χ0v) is 11.4. The molecule has 0 saturated carbocycles. The number of benzene rings is 2. The van der Waals surface area contributed by atoms with Crippen LogP contribution in [0.5, 0.6) is 5.75 Å². The molecule has 0 aromatic heterocycles. The van der Waals surface area contributed by atoms with Gasteiger partial charge in [0.1, 0.15) is 11.4 Å². The van der Waals surface area contributed by atoms with E-state index in [1.807, 2.05) is 0 Å². The molecule has 0 fully saturated rings. The second kappa shape index (κ2) is 5.71. The summed E-state index contributed by atoms with van der Waals surface area (Å²) in [6.45, 7) is 0.302. The number of anilines is 1. The lowest BCUT2D eigenvalue weighted by Gasteiger charge is -2.09. The maximum absolute atomic E-state index is 10.9. The normalized spacial score (nSPS) is 10.2. The first-order valence-electron chi connectivity index (χ1n) is 5.53. The summed E-state index contributed by atoms with van der Waals surface area (Å²) < 4.78 is 0.592. The summed E-state index contributed by atoms with van der Waals surface area (Å²) in [6.07, 6.45) is 0. The molecule has 2 aromatic rings. The number of hydrogen-bond donors (Lipinski definition) is 2. The lowest BCUT2D eigenvalue weighted by molar-refractivity contribution is -0.384. The Morgan fingerprint density at radius 2 is 1.95 bits per heavy atom. The number of halogens is 1. The topological polar surface area (TPSA) is 75.4 Å². The van der Waals surface area contributed by atoms with Crippen LogP contribution in [0.15, 0.2) is 46.9 Å². The molecule has 2 rings (SSSR count). The van der Waals surface area contributed by atoms with Crippen LogP contribution in [0.25, 0.3) is 0 Å². The van der Waals surface area contributed by atoms with Crippen LogP contribution >= 0.6 is 15.9 Å². The molecule has 2 aromatic carbocycles. The van der Waals surface area contributed by atoms with Crippen molar-refractivity contribution in [1.82, 2.24) is 0 Å². The predicted octanol–water partition coefficient (Wildman–Crippen LogP) is 3.68. The van der Waals surface area contributed by atoms with Gasteiger partial charge in [0, 0.05) is 18.2 Å². The minimum absolute atomic E-state index is 0.0111. The van der Waals surface area contributed by atoms with Crippen molar-refractivity contribution in [2.24, 2.45) is 0 Å². The van der Waals surface area contributed by atoms with Gasteiger partial charge in [0.15, 0.2) is 0 Å². The minimum atomic E-state index is -0.441. The van der Waals surface area contributed by atoms with Gasteiger partial charge in [-0.25, -0.2) is 0 Å². The summed E-state index contributed by atoms with van der Waals surface area (Å²) in [5.41, 5.74) is 1.09. The number of phenols is 1. The monoisotopic (exact) mass is 322 g/mol. The lowest BCUT2D eigenvalue weighted by atomic mass is 10.2. The highest BCUT2D eigenvalue weighted by Crippen LogP contribution is 2.29. The zero-order chi connectivity index (χ0) is 13.8. The number of hydrogen-bond acceptors (Lipinski definition) is 4. The Bertz CT molecular complexity index is 617. The molecule has 5 nitrogen and oxygen atoms in total. The number of aromatic hydroxyl groups is 1. The van der Waals surface area contributed by atoms with Crippen LogP contribution in [-0.4, -0.2) is 10.0 Å². The van der Waals surface area contributed by atoms with Crippen molar-refractivity contribution in [3.8, 4) is 5.75 Å². The van der Waals surface area contributed by atoms with E-state index >= 15 is 0 Å². The van der Waals surface area contributed by atoms with Gasteiger partial charge in [-0.05, 0) is 28.1 Å². The number of rotatable bonds is 4. The van der Waals surface area contributed by atoms with E-state index in [1.165, 1.54) is 6.07 Å². The molecule has 0 radical (unpaired) electrons. The van der Waals surface area contributed by atoms with Gasteiger partial charge in [0.2, 0.25) is 0 Å². The van der Waals surface area contributed by atoms with Crippen molar-refractivity contribution < 1.29 is 10.0 Å². The number of nitrogens with zero attached hydrogens (tertiary/aromatic N) is 1. The van der Waals surface area contributed by atoms with E-state index in [0.29, 0.717) is 22.3 Å². The molecule has 0 saturated heterocycles. The number of nitro benzene ring substituents is 1. The predicted molar refractivity (Wildman–Crippen MR) is 76.2 cm³/mol. The Kier molecular flexibility index (Phi) is 4.01. The van der Waals surface area contributed by atoms with Gasteiger partial charge >= 0.3 is 0 Å². The van der Waals surface area contributed by atoms with E-state index in [0.717, 1.165) is 0 Å². The Morgan fingerprint density at radius 1 is 1.21 bits per heavy atom. The zero-order valence-electron chi connectivity index (χ0n) is 9.84.